The van der Waals surface area contributed by atoms with Crippen LogP contribution in [0.4, 0.5) is 0 Å². The van der Waals surface area contributed by atoms with Crippen molar-refractivity contribution >= 4 is 11.3 Å². The van der Waals surface area contributed by atoms with E-state index < -0.39 is 5.92 Å². The van der Waals surface area contributed by atoms with Crippen molar-refractivity contribution in [2.24, 2.45) is 5.73 Å². The number of aromatic nitrogens is 2. The van der Waals surface area contributed by atoms with Crippen LogP contribution in [-0.4, -0.2) is 23.9 Å². The Morgan fingerprint density at radius 3 is 2.89 bits per heavy atom. The van der Waals surface area contributed by atoms with Gasteiger partial charge in [-0.15, -0.1) is 16.4 Å². The van der Waals surface area contributed by atoms with E-state index in [1.807, 2.05) is 42.6 Å². The second-order valence-corrected chi connectivity index (χ2v) is 7.01. The van der Waals surface area contributed by atoms with Gasteiger partial charge in [0.2, 0.25) is 11.8 Å². The van der Waals surface area contributed by atoms with Gasteiger partial charge in [0.25, 0.3) is 0 Å². The molecule has 0 aliphatic carbocycles. The molecule has 2 aromatic heterocycles. The van der Waals surface area contributed by atoms with E-state index in [4.69, 9.17) is 19.9 Å². The van der Waals surface area contributed by atoms with Gasteiger partial charge in [-0.2, -0.15) is 5.26 Å². The van der Waals surface area contributed by atoms with Gasteiger partial charge < -0.3 is 19.9 Å². The predicted molar refractivity (Wildman–Crippen MR) is 105 cm³/mol. The minimum Gasteiger partial charge on any atom is -0.493 e. The molecular weight excluding hydrogens is 376 g/mol. The Kier molecular flexibility index (Phi) is 4.67. The minimum atomic E-state index is -0.435. The molecule has 3 heterocycles. The Hall–Kier alpha value is -3.44. The van der Waals surface area contributed by atoms with Crippen molar-refractivity contribution in [1.82, 2.24) is 10.2 Å². The first-order valence-corrected chi connectivity index (χ1v) is 9.56. The van der Waals surface area contributed by atoms with Crippen molar-refractivity contribution in [2.75, 3.05) is 13.7 Å². The van der Waals surface area contributed by atoms with E-state index in [9.17, 15) is 5.26 Å². The molecule has 3 N–H and O–H groups in total. The maximum Gasteiger partial charge on any atom is 0.244 e. The molecule has 0 bridgehead atoms. The number of allylic oxidation sites excluding steroid dienone is 1. The zero-order valence-corrected chi connectivity index (χ0v) is 16.2. The van der Waals surface area contributed by atoms with Gasteiger partial charge >= 0.3 is 0 Å². The molecule has 8 heteroatoms. The molecule has 0 spiro atoms. The first-order valence-electron chi connectivity index (χ1n) is 8.68. The maximum atomic E-state index is 9.80. The van der Waals surface area contributed by atoms with E-state index in [1.165, 1.54) is 0 Å². The summed E-state index contributed by atoms with van der Waals surface area (Å²) < 4.78 is 16.7. The Bertz CT molecular complexity index is 1080. The highest BCUT2D eigenvalue weighted by molar-refractivity contribution is 7.13. The van der Waals surface area contributed by atoms with Gasteiger partial charge in [0.15, 0.2) is 11.5 Å². The van der Waals surface area contributed by atoms with E-state index in [0.717, 1.165) is 21.7 Å². The quantitative estimate of drug-likeness (QED) is 0.682. The lowest BCUT2D eigenvalue weighted by Crippen LogP contribution is -2.21. The van der Waals surface area contributed by atoms with Gasteiger partial charge in [-0.25, -0.2) is 0 Å². The van der Waals surface area contributed by atoms with Crippen molar-refractivity contribution in [3.8, 4) is 34.0 Å². The Labute approximate surface area is 166 Å². The fourth-order valence-electron chi connectivity index (χ4n) is 3.33. The van der Waals surface area contributed by atoms with Crippen LogP contribution in [0, 0.1) is 11.3 Å². The van der Waals surface area contributed by atoms with Crippen LogP contribution in [0.15, 0.2) is 47.2 Å². The summed E-state index contributed by atoms with van der Waals surface area (Å²) in [6.07, 6.45) is 0. The molecule has 0 saturated carbocycles. The zero-order chi connectivity index (χ0) is 19.7. The van der Waals surface area contributed by atoms with Gasteiger partial charge in [-0.1, -0.05) is 12.1 Å². The molecule has 0 unspecified atom stereocenters. The number of thiophene rings is 1. The molecule has 0 saturated heterocycles. The highest BCUT2D eigenvalue weighted by Gasteiger charge is 2.36. The Morgan fingerprint density at radius 1 is 1.36 bits per heavy atom. The second-order valence-electron chi connectivity index (χ2n) is 6.06. The molecule has 0 fully saturated rings. The first-order chi connectivity index (χ1) is 13.7. The molecule has 0 radical (unpaired) electrons. The van der Waals surface area contributed by atoms with E-state index in [2.05, 4.69) is 16.3 Å². The number of H-pyrrole nitrogens is 1. The highest BCUT2D eigenvalue weighted by Crippen LogP contribution is 2.47. The molecule has 3 aromatic rings. The largest absolute Gasteiger partial charge is 0.493 e. The van der Waals surface area contributed by atoms with Crippen LogP contribution in [0.1, 0.15) is 24.0 Å². The third-order valence-corrected chi connectivity index (χ3v) is 5.41. The van der Waals surface area contributed by atoms with Crippen LogP contribution < -0.4 is 19.9 Å². The standard InChI is InChI=1S/C20H18N4O3S/c1-3-26-14-9-11(6-7-13(14)25-2)16-12(10-21)19(22)27-20-17(16)18(23-24-20)15-5-4-8-28-15/h4-9,16H,3,22H2,1-2H3,(H,23,24)/t16-/m1/s1. The fourth-order valence-corrected chi connectivity index (χ4v) is 4.06. The molecule has 1 aliphatic heterocycles. The number of aromatic amines is 1. The summed E-state index contributed by atoms with van der Waals surface area (Å²) in [6.45, 7) is 2.40. The lowest BCUT2D eigenvalue weighted by Gasteiger charge is -2.24. The molecule has 4 rings (SSSR count). The van der Waals surface area contributed by atoms with Crippen LogP contribution >= 0.6 is 11.3 Å². The molecule has 1 atom stereocenters. The maximum absolute atomic E-state index is 9.80. The summed E-state index contributed by atoms with van der Waals surface area (Å²) in [4.78, 5) is 0.999. The zero-order valence-electron chi connectivity index (χ0n) is 15.4. The van der Waals surface area contributed by atoms with E-state index in [-0.39, 0.29) is 5.88 Å². The summed E-state index contributed by atoms with van der Waals surface area (Å²) in [7, 11) is 1.59. The molecule has 1 aromatic carbocycles. The number of nitriles is 1. The van der Waals surface area contributed by atoms with Gasteiger partial charge in [-0.05, 0) is 36.1 Å². The summed E-state index contributed by atoms with van der Waals surface area (Å²) in [6, 6.07) is 11.8. The van der Waals surface area contributed by atoms with Crippen LogP contribution in [-0.2, 0) is 0 Å². The first kappa shape index (κ1) is 17.9. The number of hydrogen-bond donors (Lipinski definition) is 2. The number of nitrogens with two attached hydrogens (primary N) is 1. The number of benzene rings is 1. The average molecular weight is 394 g/mol. The number of ether oxygens (including phenoxy) is 3. The average Bonchev–Trinajstić information content (AvgIpc) is 3.36. The molecule has 7 nitrogen and oxygen atoms in total. The molecule has 0 amide bonds. The molecule has 1 aliphatic rings. The molecular formula is C20H18N4O3S. The highest BCUT2D eigenvalue weighted by atomic mass is 32.1. The Balaban J connectivity index is 1.92. The van der Waals surface area contributed by atoms with Crippen LogP contribution in [0.5, 0.6) is 17.4 Å². The van der Waals surface area contributed by atoms with Gasteiger partial charge in [0.05, 0.1) is 35.8 Å². The number of methoxy groups -OCH3 is 1. The topological polar surface area (TPSA) is 106 Å². The lowest BCUT2D eigenvalue weighted by molar-refractivity contribution is 0.310. The summed E-state index contributed by atoms with van der Waals surface area (Å²) in [5.41, 5.74) is 8.80. The number of nitrogens with one attached hydrogen (secondary N) is 1. The van der Waals surface area contributed by atoms with Crippen molar-refractivity contribution in [1.29, 1.82) is 5.26 Å². The minimum absolute atomic E-state index is 0.0537. The van der Waals surface area contributed by atoms with Crippen molar-refractivity contribution in [2.45, 2.75) is 12.8 Å². The monoisotopic (exact) mass is 394 g/mol. The number of fused-ring (bicyclic) bond motifs is 1. The summed E-state index contributed by atoms with van der Waals surface area (Å²) in [5.74, 6) is 1.22. The van der Waals surface area contributed by atoms with Crippen molar-refractivity contribution < 1.29 is 14.2 Å². The van der Waals surface area contributed by atoms with E-state index >= 15 is 0 Å². The van der Waals surface area contributed by atoms with Crippen LogP contribution in [0.2, 0.25) is 0 Å². The summed E-state index contributed by atoms with van der Waals surface area (Å²) in [5, 5.41) is 19.1. The molecule has 28 heavy (non-hydrogen) atoms. The third-order valence-electron chi connectivity index (χ3n) is 4.53. The van der Waals surface area contributed by atoms with Gasteiger partial charge in [0.1, 0.15) is 11.6 Å². The number of hydrogen-bond acceptors (Lipinski definition) is 7. The lowest BCUT2D eigenvalue weighted by atomic mass is 9.83. The van der Waals surface area contributed by atoms with E-state index in [1.54, 1.807) is 18.4 Å². The van der Waals surface area contributed by atoms with Crippen molar-refractivity contribution in [3.63, 3.8) is 0 Å². The van der Waals surface area contributed by atoms with Gasteiger partial charge in [-0.3, -0.25) is 5.10 Å². The SMILES string of the molecule is CCOc1cc([C@@H]2C(C#N)=C(N)Oc3n[nH]c(-c4cccs4)c32)ccc1OC. The number of nitrogens with zero attached hydrogens (tertiary/aromatic N) is 2. The number of rotatable bonds is 5. The van der Waals surface area contributed by atoms with Gasteiger partial charge in [0, 0.05) is 0 Å². The smallest absolute Gasteiger partial charge is 0.244 e. The normalized spacial score (nSPS) is 15.5. The van der Waals surface area contributed by atoms with E-state index in [0.29, 0.717) is 29.6 Å². The summed E-state index contributed by atoms with van der Waals surface area (Å²) >= 11 is 1.58. The fraction of sp³-hybridized carbons (Fsp3) is 0.200. The molecule has 142 valence electrons. The second kappa shape index (κ2) is 7.29. The van der Waals surface area contributed by atoms with Crippen LogP contribution in [0.25, 0.3) is 10.6 Å². The van der Waals surface area contributed by atoms with Crippen molar-refractivity contribution in [3.05, 3.63) is 58.3 Å². The third kappa shape index (κ3) is 2.86. The Morgan fingerprint density at radius 2 is 2.21 bits per heavy atom. The van der Waals surface area contributed by atoms with Crippen LogP contribution in [0.3, 0.4) is 0 Å². The predicted octanol–water partition coefficient (Wildman–Crippen LogP) is 3.76.